The van der Waals surface area contributed by atoms with Crippen LogP contribution in [0.2, 0.25) is 0 Å². The molecule has 1 atom stereocenters. The van der Waals surface area contributed by atoms with Gasteiger partial charge in [0.1, 0.15) is 6.54 Å². The standard InChI is InChI=1S/C14H22F3N5O2S/c1-9(2)18-11(23)10(3)25-13-20-19-12(21-4-6-24-7-5-21)22(13)8-14(15,16)17/h9-10H,4-8H2,1-3H3,(H,18,23). The second-order valence-electron chi connectivity index (χ2n) is 6.01. The Labute approximate surface area is 148 Å². The number of nitrogens with one attached hydrogen (secondary N) is 1. The van der Waals surface area contributed by atoms with Crippen LogP contribution in [-0.2, 0) is 16.1 Å². The molecular weight excluding hydrogens is 359 g/mol. The van der Waals surface area contributed by atoms with Crippen LogP contribution < -0.4 is 10.2 Å². The number of carbonyl (C=O) groups is 1. The SMILES string of the molecule is CC(C)NC(=O)C(C)Sc1nnc(N2CCOCC2)n1CC(F)(F)F. The van der Waals surface area contributed by atoms with E-state index >= 15 is 0 Å². The average molecular weight is 381 g/mol. The highest BCUT2D eigenvalue weighted by molar-refractivity contribution is 8.00. The van der Waals surface area contributed by atoms with Crippen LogP contribution in [0.1, 0.15) is 20.8 Å². The van der Waals surface area contributed by atoms with E-state index in [9.17, 15) is 18.0 Å². The lowest BCUT2D eigenvalue weighted by Gasteiger charge is -2.28. The molecule has 2 rings (SSSR count). The van der Waals surface area contributed by atoms with Crippen molar-refractivity contribution in [3.05, 3.63) is 0 Å². The fraction of sp³-hybridized carbons (Fsp3) is 0.786. The summed E-state index contributed by atoms with van der Waals surface area (Å²) in [4.78, 5) is 13.7. The monoisotopic (exact) mass is 381 g/mol. The number of hydrogen-bond acceptors (Lipinski definition) is 6. The zero-order valence-corrected chi connectivity index (χ0v) is 15.2. The van der Waals surface area contributed by atoms with E-state index in [1.54, 1.807) is 11.8 Å². The number of alkyl halides is 3. The van der Waals surface area contributed by atoms with Crippen molar-refractivity contribution >= 4 is 23.6 Å². The molecule has 1 N–H and O–H groups in total. The van der Waals surface area contributed by atoms with Crippen LogP contribution in [0.5, 0.6) is 0 Å². The molecule has 7 nitrogen and oxygen atoms in total. The van der Waals surface area contributed by atoms with E-state index in [2.05, 4.69) is 15.5 Å². The van der Waals surface area contributed by atoms with Gasteiger partial charge in [0, 0.05) is 19.1 Å². The van der Waals surface area contributed by atoms with E-state index in [0.717, 1.165) is 16.3 Å². The fourth-order valence-corrected chi connectivity index (χ4v) is 3.15. The van der Waals surface area contributed by atoms with Crippen LogP contribution in [0, 0.1) is 0 Å². The summed E-state index contributed by atoms with van der Waals surface area (Å²) >= 11 is 0.965. The Morgan fingerprint density at radius 1 is 1.28 bits per heavy atom. The fourth-order valence-electron chi connectivity index (χ4n) is 2.30. The lowest BCUT2D eigenvalue weighted by molar-refractivity contribution is -0.141. The van der Waals surface area contributed by atoms with Gasteiger partial charge in [0.15, 0.2) is 5.16 Å². The van der Waals surface area contributed by atoms with E-state index in [0.29, 0.717) is 26.3 Å². The van der Waals surface area contributed by atoms with E-state index in [4.69, 9.17) is 4.74 Å². The lowest BCUT2D eigenvalue weighted by atomic mass is 10.3. The molecule has 0 bridgehead atoms. The summed E-state index contributed by atoms with van der Waals surface area (Å²) in [6, 6.07) is -0.0486. The summed E-state index contributed by atoms with van der Waals surface area (Å²) in [7, 11) is 0. The number of amides is 1. The highest BCUT2D eigenvalue weighted by atomic mass is 32.2. The Kier molecular flexibility index (Phi) is 6.55. The normalized spacial score (nSPS) is 17.0. The third-order valence-electron chi connectivity index (χ3n) is 3.41. The number of ether oxygens (including phenoxy) is 1. The first kappa shape index (κ1) is 19.8. The van der Waals surface area contributed by atoms with Crippen molar-refractivity contribution in [2.45, 2.75) is 49.9 Å². The van der Waals surface area contributed by atoms with Crippen LogP contribution in [0.4, 0.5) is 19.1 Å². The number of morpholine rings is 1. The van der Waals surface area contributed by atoms with Crippen molar-refractivity contribution < 1.29 is 22.7 Å². The van der Waals surface area contributed by atoms with Crippen molar-refractivity contribution in [3.8, 4) is 0 Å². The third kappa shape index (κ3) is 5.77. The minimum absolute atomic E-state index is 0.0486. The largest absolute Gasteiger partial charge is 0.406 e. The van der Waals surface area contributed by atoms with Gasteiger partial charge in [0.2, 0.25) is 11.9 Å². The first-order valence-electron chi connectivity index (χ1n) is 7.97. The molecule has 1 aliphatic heterocycles. The van der Waals surface area contributed by atoms with Gasteiger partial charge in [-0.15, -0.1) is 10.2 Å². The van der Waals surface area contributed by atoms with Gasteiger partial charge in [-0.25, -0.2) is 0 Å². The molecule has 0 aliphatic carbocycles. The summed E-state index contributed by atoms with van der Waals surface area (Å²) in [5.41, 5.74) is 0. The van der Waals surface area contributed by atoms with Gasteiger partial charge in [-0.1, -0.05) is 11.8 Å². The first-order valence-corrected chi connectivity index (χ1v) is 8.85. The number of halogens is 3. The summed E-state index contributed by atoms with van der Waals surface area (Å²) in [5.74, 6) is -0.103. The second kappa shape index (κ2) is 8.26. The number of rotatable bonds is 6. The Morgan fingerprint density at radius 2 is 1.92 bits per heavy atom. The highest BCUT2D eigenvalue weighted by Crippen LogP contribution is 2.29. The predicted molar refractivity (Wildman–Crippen MR) is 87.7 cm³/mol. The molecular formula is C14H22F3N5O2S. The Morgan fingerprint density at radius 3 is 2.48 bits per heavy atom. The van der Waals surface area contributed by atoms with E-state index in [1.165, 1.54) is 0 Å². The van der Waals surface area contributed by atoms with Crippen molar-refractivity contribution in [1.29, 1.82) is 0 Å². The first-order chi connectivity index (χ1) is 11.7. The summed E-state index contributed by atoms with van der Waals surface area (Å²) in [6.45, 7) is 5.81. The van der Waals surface area contributed by atoms with E-state index < -0.39 is 18.0 Å². The lowest BCUT2D eigenvalue weighted by Crippen LogP contribution is -2.39. The quantitative estimate of drug-likeness (QED) is 0.756. The van der Waals surface area contributed by atoms with Crippen molar-refractivity contribution in [3.63, 3.8) is 0 Å². The van der Waals surface area contributed by atoms with Crippen molar-refractivity contribution in [1.82, 2.24) is 20.1 Å². The topological polar surface area (TPSA) is 72.3 Å². The maximum atomic E-state index is 13.0. The molecule has 0 radical (unpaired) electrons. The van der Waals surface area contributed by atoms with Gasteiger partial charge in [-0.2, -0.15) is 13.2 Å². The van der Waals surface area contributed by atoms with Gasteiger partial charge in [0.25, 0.3) is 0 Å². The van der Waals surface area contributed by atoms with Crippen LogP contribution in [0.15, 0.2) is 5.16 Å². The van der Waals surface area contributed by atoms with Crippen LogP contribution in [0.3, 0.4) is 0 Å². The van der Waals surface area contributed by atoms with Crippen LogP contribution >= 0.6 is 11.8 Å². The third-order valence-corrected chi connectivity index (χ3v) is 4.49. The molecule has 1 aromatic heterocycles. The zero-order valence-electron chi connectivity index (χ0n) is 14.3. The second-order valence-corrected chi connectivity index (χ2v) is 7.31. The van der Waals surface area contributed by atoms with Gasteiger partial charge < -0.3 is 15.0 Å². The minimum Gasteiger partial charge on any atom is -0.378 e. The molecule has 142 valence electrons. The number of hydrogen-bond donors (Lipinski definition) is 1. The van der Waals surface area contributed by atoms with Crippen LogP contribution in [0.25, 0.3) is 0 Å². The van der Waals surface area contributed by atoms with Gasteiger partial charge in [-0.05, 0) is 20.8 Å². The molecule has 25 heavy (non-hydrogen) atoms. The Bertz CT molecular complexity index is 588. The average Bonchev–Trinajstić information content (AvgIpc) is 2.88. The maximum absolute atomic E-state index is 13.0. The molecule has 0 aromatic carbocycles. The molecule has 1 unspecified atom stereocenters. The van der Waals surface area contributed by atoms with Crippen molar-refractivity contribution in [2.24, 2.45) is 0 Å². The molecule has 1 amide bonds. The predicted octanol–water partition coefficient (Wildman–Crippen LogP) is 1.68. The molecule has 11 heteroatoms. The number of nitrogens with zero attached hydrogens (tertiary/aromatic N) is 4. The Balaban J connectivity index is 2.21. The molecule has 2 heterocycles. The van der Waals surface area contributed by atoms with E-state index in [1.807, 2.05) is 13.8 Å². The van der Waals surface area contributed by atoms with Gasteiger partial charge in [-0.3, -0.25) is 9.36 Å². The van der Waals surface area contributed by atoms with Gasteiger partial charge >= 0.3 is 6.18 Å². The van der Waals surface area contributed by atoms with Crippen molar-refractivity contribution in [2.75, 3.05) is 31.2 Å². The highest BCUT2D eigenvalue weighted by Gasteiger charge is 2.33. The minimum atomic E-state index is -4.41. The van der Waals surface area contributed by atoms with E-state index in [-0.39, 0.29) is 23.1 Å². The zero-order chi connectivity index (χ0) is 18.6. The number of thioether (sulfide) groups is 1. The number of carbonyl (C=O) groups excluding carboxylic acids is 1. The maximum Gasteiger partial charge on any atom is 0.406 e. The number of aromatic nitrogens is 3. The molecule has 1 saturated heterocycles. The summed E-state index contributed by atoms with van der Waals surface area (Å²) in [6.07, 6.45) is -4.41. The number of anilines is 1. The molecule has 1 aromatic rings. The summed E-state index contributed by atoms with van der Waals surface area (Å²) in [5, 5.41) is 10.0. The molecule has 0 saturated carbocycles. The Hall–Kier alpha value is -1.49. The smallest absolute Gasteiger partial charge is 0.378 e. The summed E-state index contributed by atoms with van der Waals surface area (Å²) < 4.78 is 45.3. The molecule has 1 fully saturated rings. The molecule has 0 spiro atoms. The van der Waals surface area contributed by atoms with Crippen LogP contribution in [-0.4, -0.2) is 64.4 Å². The molecule has 1 aliphatic rings. The van der Waals surface area contributed by atoms with Gasteiger partial charge in [0.05, 0.1) is 18.5 Å².